The van der Waals surface area contributed by atoms with Crippen molar-refractivity contribution in [2.45, 2.75) is 46.1 Å². The highest BCUT2D eigenvalue weighted by molar-refractivity contribution is 6.05. The van der Waals surface area contributed by atoms with E-state index in [1.807, 2.05) is 0 Å². The molecule has 0 saturated heterocycles. The number of nitrogens with zero attached hydrogens (tertiary/aromatic N) is 2. The van der Waals surface area contributed by atoms with Crippen molar-refractivity contribution in [1.82, 2.24) is 4.90 Å². The van der Waals surface area contributed by atoms with Crippen LogP contribution in [0.3, 0.4) is 0 Å². The summed E-state index contributed by atoms with van der Waals surface area (Å²) in [5, 5.41) is 0. The molecule has 4 nitrogen and oxygen atoms in total. The third-order valence-electron chi connectivity index (χ3n) is 3.11. The Labute approximate surface area is 97.9 Å². The molecule has 0 atom stereocenters. The molecule has 16 heavy (non-hydrogen) atoms. The third-order valence-corrected chi connectivity index (χ3v) is 3.11. The van der Waals surface area contributed by atoms with Crippen molar-refractivity contribution in [3.8, 4) is 0 Å². The summed E-state index contributed by atoms with van der Waals surface area (Å²) in [5.74, 6) is 1.46. The van der Waals surface area contributed by atoms with E-state index in [-0.39, 0.29) is 11.6 Å². The number of hydrogen-bond acceptors (Lipinski definition) is 2. The van der Waals surface area contributed by atoms with Crippen LogP contribution in [-0.2, 0) is 0 Å². The number of carbonyl (C=O) groups excluding carboxylic acids is 1. The lowest BCUT2D eigenvalue weighted by Crippen LogP contribution is -2.54. The lowest BCUT2D eigenvalue weighted by atomic mass is 9.80. The third kappa shape index (κ3) is 2.20. The number of amides is 2. The molecule has 1 rings (SSSR count). The molecule has 2 N–H and O–H groups in total. The lowest BCUT2D eigenvalue weighted by Gasteiger charge is -2.38. The van der Waals surface area contributed by atoms with Crippen molar-refractivity contribution in [2.75, 3.05) is 7.05 Å². The molecule has 0 spiro atoms. The molecule has 0 aromatic heterocycles. The second-order valence-electron chi connectivity index (χ2n) is 5.57. The van der Waals surface area contributed by atoms with Crippen LogP contribution in [0.2, 0.25) is 0 Å². The van der Waals surface area contributed by atoms with Crippen LogP contribution in [0, 0.1) is 11.8 Å². The summed E-state index contributed by atoms with van der Waals surface area (Å²) in [7, 11) is 1.80. The molecule has 92 valence electrons. The van der Waals surface area contributed by atoms with E-state index in [2.05, 4.69) is 32.7 Å². The number of likely N-dealkylation sites (N-methyl/N-ethyl adjacent to an activating group) is 1. The van der Waals surface area contributed by atoms with Gasteiger partial charge in [-0.15, -0.1) is 0 Å². The van der Waals surface area contributed by atoms with Crippen LogP contribution in [0.25, 0.3) is 0 Å². The first-order valence-electron chi connectivity index (χ1n) is 5.92. The van der Waals surface area contributed by atoms with Gasteiger partial charge in [-0.25, -0.2) is 4.79 Å². The fraction of sp³-hybridized carbons (Fsp3) is 0.833. The number of rotatable bonds is 4. The van der Waals surface area contributed by atoms with Crippen LogP contribution < -0.4 is 5.73 Å². The van der Waals surface area contributed by atoms with Gasteiger partial charge in [-0.2, -0.15) is 4.99 Å². The Balaban J connectivity index is 3.04. The van der Waals surface area contributed by atoms with E-state index in [0.29, 0.717) is 17.7 Å². The molecule has 0 aliphatic carbocycles. The average molecular weight is 225 g/mol. The van der Waals surface area contributed by atoms with Crippen LogP contribution >= 0.6 is 0 Å². The molecule has 0 saturated carbocycles. The Kier molecular flexibility index (Phi) is 3.61. The molecule has 1 heterocycles. The first-order valence-corrected chi connectivity index (χ1v) is 5.92. The maximum Gasteiger partial charge on any atom is 0.345 e. The molecular formula is C12H23N3O. The van der Waals surface area contributed by atoms with Crippen molar-refractivity contribution in [2.24, 2.45) is 22.6 Å². The SMILES string of the molecule is CC(C)CC1(CC(C)C)C(N)=NC(=O)N1C. The molecule has 1 aliphatic heterocycles. The van der Waals surface area contributed by atoms with E-state index >= 15 is 0 Å². The van der Waals surface area contributed by atoms with Gasteiger partial charge in [-0.3, -0.25) is 0 Å². The molecular weight excluding hydrogens is 202 g/mol. The van der Waals surface area contributed by atoms with E-state index in [1.165, 1.54) is 0 Å². The quantitative estimate of drug-likeness (QED) is 0.797. The van der Waals surface area contributed by atoms with E-state index in [1.54, 1.807) is 11.9 Å². The number of amidine groups is 1. The Morgan fingerprint density at radius 2 is 1.69 bits per heavy atom. The van der Waals surface area contributed by atoms with Gasteiger partial charge in [0.15, 0.2) is 0 Å². The minimum atomic E-state index is -0.362. The Morgan fingerprint density at radius 3 is 1.94 bits per heavy atom. The fourth-order valence-electron chi connectivity index (χ4n) is 2.55. The van der Waals surface area contributed by atoms with Crippen molar-refractivity contribution in [3.05, 3.63) is 0 Å². The topological polar surface area (TPSA) is 58.7 Å². The highest BCUT2D eigenvalue weighted by Gasteiger charge is 2.46. The van der Waals surface area contributed by atoms with Crippen LogP contribution in [0.4, 0.5) is 4.79 Å². The fourth-order valence-corrected chi connectivity index (χ4v) is 2.55. The maximum absolute atomic E-state index is 11.6. The summed E-state index contributed by atoms with van der Waals surface area (Å²) in [5.41, 5.74) is 5.62. The zero-order chi connectivity index (χ0) is 12.5. The van der Waals surface area contributed by atoms with Crippen LogP contribution in [0.15, 0.2) is 4.99 Å². The van der Waals surface area contributed by atoms with E-state index in [4.69, 9.17) is 5.73 Å². The van der Waals surface area contributed by atoms with E-state index < -0.39 is 0 Å². The van der Waals surface area contributed by atoms with Gasteiger partial charge in [-0.1, -0.05) is 27.7 Å². The average Bonchev–Trinajstić information content (AvgIpc) is 2.29. The smallest absolute Gasteiger partial charge is 0.345 e. The summed E-state index contributed by atoms with van der Waals surface area (Å²) < 4.78 is 0. The summed E-state index contributed by atoms with van der Waals surface area (Å²) in [6.07, 6.45) is 1.76. The molecule has 0 radical (unpaired) electrons. The zero-order valence-corrected chi connectivity index (χ0v) is 10.9. The molecule has 1 aliphatic rings. The van der Waals surface area contributed by atoms with Gasteiger partial charge in [-0.05, 0) is 24.7 Å². The standard InChI is InChI=1S/C12H23N3O/c1-8(2)6-12(7-9(3)4)10(13)14-11(16)15(12)5/h8-9H,6-7H2,1-5H3,(H2,13,14,16). The number of hydrogen-bond donors (Lipinski definition) is 1. The highest BCUT2D eigenvalue weighted by atomic mass is 16.2. The first-order chi connectivity index (χ1) is 7.29. The summed E-state index contributed by atoms with van der Waals surface area (Å²) in [4.78, 5) is 17.2. The normalized spacial score (nSPS) is 19.8. The summed E-state index contributed by atoms with van der Waals surface area (Å²) in [6, 6.07) is -0.209. The lowest BCUT2D eigenvalue weighted by molar-refractivity contribution is 0.160. The zero-order valence-electron chi connectivity index (χ0n) is 10.9. The van der Waals surface area contributed by atoms with Crippen molar-refractivity contribution >= 4 is 11.9 Å². The van der Waals surface area contributed by atoms with E-state index in [0.717, 1.165) is 12.8 Å². The molecule has 0 aromatic carbocycles. The number of aliphatic imine (C=N–C) groups is 1. The molecule has 0 bridgehead atoms. The second-order valence-corrected chi connectivity index (χ2v) is 5.57. The molecule has 0 unspecified atom stereocenters. The van der Waals surface area contributed by atoms with Crippen molar-refractivity contribution < 1.29 is 4.79 Å². The predicted molar refractivity (Wildman–Crippen MR) is 66.4 cm³/mol. The first kappa shape index (κ1) is 13.0. The van der Waals surface area contributed by atoms with Crippen LogP contribution in [0.5, 0.6) is 0 Å². The molecule has 4 heteroatoms. The molecule has 0 fully saturated rings. The summed E-state index contributed by atoms with van der Waals surface area (Å²) >= 11 is 0. The Bertz CT molecular complexity index is 297. The minimum absolute atomic E-state index is 0.209. The number of urea groups is 1. The monoisotopic (exact) mass is 225 g/mol. The van der Waals surface area contributed by atoms with Crippen molar-refractivity contribution in [1.29, 1.82) is 0 Å². The van der Waals surface area contributed by atoms with Gasteiger partial charge in [0.05, 0.1) is 0 Å². The predicted octanol–water partition coefficient (Wildman–Crippen LogP) is 2.24. The van der Waals surface area contributed by atoms with Gasteiger partial charge < -0.3 is 10.6 Å². The minimum Gasteiger partial charge on any atom is -0.385 e. The van der Waals surface area contributed by atoms with Crippen LogP contribution in [-0.4, -0.2) is 29.4 Å². The molecule has 0 aromatic rings. The van der Waals surface area contributed by atoms with E-state index in [9.17, 15) is 4.79 Å². The maximum atomic E-state index is 11.6. The van der Waals surface area contributed by atoms with Gasteiger partial charge in [0.1, 0.15) is 11.4 Å². The Hall–Kier alpha value is -1.06. The number of carbonyl (C=O) groups is 1. The van der Waals surface area contributed by atoms with Crippen LogP contribution in [0.1, 0.15) is 40.5 Å². The van der Waals surface area contributed by atoms with Crippen molar-refractivity contribution in [3.63, 3.8) is 0 Å². The Morgan fingerprint density at radius 1 is 1.25 bits per heavy atom. The molecule has 2 amide bonds. The van der Waals surface area contributed by atoms with Gasteiger partial charge >= 0.3 is 6.03 Å². The highest BCUT2D eigenvalue weighted by Crippen LogP contribution is 2.34. The van der Waals surface area contributed by atoms with Gasteiger partial charge in [0, 0.05) is 7.05 Å². The largest absolute Gasteiger partial charge is 0.385 e. The van der Waals surface area contributed by atoms with Gasteiger partial charge in [0.2, 0.25) is 0 Å². The second kappa shape index (κ2) is 4.44. The van der Waals surface area contributed by atoms with Gasteiger partial charge in [0.25, 0.3) is 0 Å². The summed E-state index contributed by atoms with van der Waals surface area (Å²) in [6.45, 7) is 8.58. The number of nitrogens with two attached hydrogens (primary N) is 1.